The molecule has 0 spiro atoms. The zero-order chi connectivity index (χ0) is 18.7. The van der Waals surface area contributed by atoms with Crippen molar-refractivity contribution in [2.24, 2.45) is 11.7 Å². The number of benzene rings is 2. The van der Waals surface area contributed by atoms with Crippen molar-refractivity contribution < 1.29 is 9.18 Å². The summed E-state index contributed by atoms with van der Waals surface area (Å²) >= 11 is 0. The second-order valence-electron chi connectivity index (χ2n) is 8.01. The van der Waals surface area contributed by atoms with Gasteiger partial charge in [-0.2, -0.15) is 0 Å². The lowest BCUT2D eigenvalue weighted by Gasteiger charge is -2.23. The first-order chi connectivity index (χ1) is 13.1. The summed E-state index contributed by atoms with van der Waals surface area (Å²) in [5.41, 5.74) is 14.4. The van der Waals surface area contributed by atoms with Crippen molar-refractivity contribution in [3.05, 3.63) is 63.5 Å². The van der Waals surface area contributed by atoms with Crippen LogP contribution in [0.1, 0.15) is 52.4 Å². The van der Waals surface area contributed by atoms with E-state index in [1.807, 2.05) is 12.1 Å². The summed E-state index contributed by atoms with van der Waals surface area (Å²) < 4.78 is 15.5. The van der Waals surface area contributed by atoms with Gasteiger partial charge in [-0.05, 0) is 84.5 Å². The van der Waals surface area contributed by atoms with E-state index in [4.69, 9.17) is 5.73 Å². The predicted molar refractivity (Wildman–Crippen MR) is 105 cm³/mol. The van der Waals surface area contributed by atoms with Crippen LogP contribution < -0.4 is 11.1 Å². The molecule has 0 atom stereocenters. The van der Waals surface area contributed by atoms with E-state index < -0.39 is 5.91 Å². The fourth-order valence-corrected chi connectivity index (χ4v) is 4.92. The third-order valence-electron chi connectivity index (χ3n) is 6.22. The summed E-state index contributed by atoms with van der Waals surface area (Å²) in [5.74, 6) is -0.378. The largest absolute Gasteiger partial charge is 0.366 e. The number of nitrogens with one attached hydrogen (secondary N) is 1. The van der Waals surface area contributed by atoms with Gasteiger partial charge in [0.25, 0.3) is 0 Å². The van der Waals surface area contributed by atoms with Crippen LogP contribution in [-0.2, 0) is 19.4 Å². The number of halogens is 1. The van der Waals surface area contributed by atoms with Crippen LogP contribution in [0.15, 0.2) is 29.8 Å². The van der Waals surface area contributed by atoms with E-state index in [-0.39, 0.29) is 5.82 Å². The number of hydrogen-bond donors (Lipinski definition) is 2. The van der Waals surface area contributed by atoms with E-state index in [1.165, 1.54) is 28.3 Å². The van der Waals surface area contributed by atoms with Crippen LogP contribution >= 0.6 is 0 Å². The predicted octanol–water partition coefficient (Wildman–Crippen LogP) is 3.98. The maximum absolute atomic E-state index is 15.5. The fourth-order valence-electron chi connectivity index (χ4n) is 4.92. The van der Waals surface area contributed by atoms with Crippen molar-refractivity contribution in [1.29, 1.82) is 0 Å². The van der Waals surface area contributed by atoms with E-state index in [9.17, 15) is 4.79 Å². The third kappa shape index (κ3) is 2.54. The minimum Gasteiger partial charge on any atom is -0.366 e. The molecule has 3 nitrogen and oxygen atoms in total. The van der Waals surface area contributed by atoms with Crippen molar-refractivity contribution in [3.63, 3.8) is 0 Å². The van der Waals surface area contributed by atoms with Crippen LogP contribution in [0.3, 0.4) is 0 Å². The Kier molecular flexibility index (Phi) is 3.73. The average Bonchev–Trinajstić information content (AvgIpc) is 3.43. The molecule has 1 amide bonds. The minimum atomic E-state index is -0.541. The van der Waals surface area contributed by atoms with Gasteiger partial charge in [-0.3, -0.25) is 4.79 Å². The lowest BCUT2D eigenvalue weighted by molar-refractivity contribution is 0.0999. The number of hydrogen-bond acceptors (Lipinski definition) is 2. The van der Waals surface area contributed by atoms with Crippen molar-refractivity contribution in [2.45, 2.75) is 39.2 Å². The fraction of sp³-hybridized carbons (Fsp3) is 0.348. The van der Waals surface area contributed by atoms with Crippen LogP contribution in [-0.4, -0.2) is 12.5 Å². The zero-order valence-electron chi connectivity index (χ0n) is 15.5. The Morgan fingerprint density at radius 2 is 2.04 bits per heavy atom. The van der Waals surface area contributed by atoms with Gasteiger partial charge in [0.2, 0.25) is 5.91 Å². The van der Waals surface area contributed by atoms with Crippen molar-refractivity contribution in [2.75, 3.05) is 6.54 Å². The van der Waals surface area contributed by atoms with Gasteiger partial charge < -0.3 is 11.1 Å². The molecule has 3 N–H and O–H groups in total. The smallest absolute Gasteiger partial charge is 0.249 e. The van der Waals surface area contributed by atoms with Gasteiger partial charge in [-0.25, -0.2) is 4.39 Å². The van der Waals surface area contributed by atoms with Crippen LogP contribution in [0.25, 0.3) is 16.7 Å². The highest BCUT2D eigenvalue weighted by Crippen LogP contribution is 2.52. The summed E-state index contributed by atoms with van der Waals surface area (Å²) in [5, 5.41) is 3.39. The van der Waals surface area contributed by atoms with Gasteiger partial charge in [0.1, 0.15) is 5.82 Å². The number of primary amides is 1. The lowest BCUT2D eigenvalue weighted by atomic mass is 9.84. The molecule has 0 aromatic heterocycles. The van der Waals surface area contributed by atoms with E-state index in [0.717, 1.165) is 49.0 Å². The molecule has 2 aromatic carbocycles. The molecular formula is C23H23FN2O. The van der Waals surface area contributed by atoms with E-state index in [0.29, 0.717) is 23.5 Å². The van der Waals surface area contributed by atoms with Gasteiger partial charge >= 0.3 is 0 Å². The monoisotopic (exact) mass is 362 g/mol. The molecule has 0 bridgehead atoms. The van der Waals surface area contributed by atoms with Crippen LogP contribution in [0.2, 0.25) is 0 Å². The highest BCUT2D eigenvalue weighted by atomic mass is 19.1. The number of nitrogens with two attached hydrogens (primary N) is 1. The van der Waals surface area contributed by atoms with Crippen molar-refractivity contribution >= 4 is 11.5 Å². The molecule has 1 heterocycles. The molecule has 5 rings (SSSR count). The van der Waals surface area contributed by atoms with Crippen LogP contribution in [0, 0.1) is 11.7 Å². The molecule has 1 aliphatic heterocycles. The molecule has 27 heavy (non-hydrogen) atoms. The van der Waals surface area contributed by atoms with Crippen LogP contribution in [0.4, 0.5) is 4.39 Å². The molecule has 3 aliphatic rings. The second kappa shape index (κ2) is 6.03. The highest BCUT2D eigenvalue weighted by Gasteiger charge is 2.37. The number of amides is 1. The summed E-state index contributed by atoms with van der Waals surface area (Å²) in [6, 6.07) is 7.52. The third-order valence-corrected chi connectivity index (χ3v) is 6.22. The Balaban J connectivity index is 1.82. The number of carbonyl (C=O) groups excluding carboxylic acids is 1. The van der Waals surface area contributed by atoms with Gasteiger partial charge in [0.15, 0.2) is 0 Å². The first-order valence-corrected chi connectivity index (χ1v) is 9.73. The summed E-state index contributed by atoms with van der Waals surface area (Å²) in [6.45, 7) is 3.83. The molecular weight excluding hydrogens is 339 g/mol. The molecule has 0 unspecified atom stereocenters. The zero-order valence-corrected chi connectivity index (χ0v) is 15.5. The minimum absolute atomic E-state index is 0.331. The normalized spacial score (nSPS) is 18.4. The Labute approximate surface area is 158 Å². The van der Waals surface area contributed by atoms with E-state index in [2.05, 4.69) is 18.3 Å². The average molecular weight is 362 g/mol. The van der Waals surface area contributed by atoms with Gasteiger partial charge in [0, 0.05) is 17.7 Å². The molecule has 2 aliphatic carbocycles. The Bertz CT molecular complexity index is 1020. The maximum Gasteiger partial charge on any atom is 0.249 e. The topological polar surface area (TPSA) is 55.1 Å². The molecule has 0 radical (unpaired) electrons. The molecule has 138 valence electrons. The second-order valence-corrected chi connectivity index (χ2v) is 8.01. The molecule has 2 aromatic rings. The molecule has 1 fully saturated rings. The first kappa shape index (κ1) is 16.7. The Hall–Kier alpha value is -2.46. The summed E-state index contributed by atoms with van der Waals surface area (Å²) in [6.07, 6.45) is 3.87. The van der Waals surface area contributed by atoms with Gasteiger partial charge in [-0.15, -0.1) is 0 Å². The summed E-state index contributed by atoms with van der Waals surface area (Å²) in [4.78, 5) is 12.0. The Morgan fingerprint density at radius 1 is 1.22 bits per heavy atom. The summed E-state index contributed by atoms with van der Waals surface area (Å²) in [7, 11) is 0. The van der Waals surface area contributed by atoms with Gasteiger partial charge in [0.05, 0.1) is 0 Å². The number of allylic oxidation sites excluding steroid dienone is 2. The molecule has 0 saturated heterocycles. The number of carbonyl (C=O) groups is 1. The Morgan fingerprint density at radius 3 is 2.78 bits per heavy atom. The van der Waals surface area contributed by atoms with Gasteiger partial charge in [-0.1, -0.05) is 23.8 Å². The van der Waals surface area contributed by atoms with E-state index in [1.54, 1.807) is 0 Å². The highest BCUT2D eigenvalue weighted by molar-refractivity contribution is 6.01. The number of rotatable bonds is 3. The SMILES string of the molecule is CC1=C(C2CC2)c2c(c(C(N)=O)cc(F)c2-c2cccc3c2CCNC3)C1. The molecule has 4 heteroatoms. The van der Waals surface area contributed by atoms with Crippen molar-refractivity contribution in [3.8, 4) is 11.1 Å². The quantitative estimate of drug-likeness (QED) is 0.868. The van der Waals surface area contributed by atoms with E-state index >= 15 is 4.39 Å². The number of fused-ring (bicyclic) bond motifs is 2. The standard InChI is InChI=1S/C23H23FN2O/c1-12-9-17-18(23(25)27)10-19(24)21(22(17)20(12)13-5-6-13)16-4-2-3-14-11-26-8-7-15(14)16/h2-4,10,13,26H,5-9,11H2,1H3,(H2,25,27). The maximum atomic E-state index is 15.5. The molecule has 1 saturated carbocycles. The lowest BCUT2D eigenvalue weighted by Crippen LogP contribution is -2.24. The van der Waals surface area contributed by atoms with Crippen molar-refractivity contribution in [1.82, 2.24) is 5.32 Å². The van der Waals surface area contributed by atoms with Crippen LogP contribution in [0.5, 0.6) is 0 Å². The first-order valence-electron chi connectivity index (χ1n) is 9.73.